The van der Waals surface area contributed by atoms with Crippen LogP contribution in [0, 0.1) is 17.4 Å². The number of rotatable bonds is 4. The molecule has 0 aromatic heterocycles. The molecule has 2 bridgehead atoms. The predicted molar refractivity (Wildman–Crippen MR) is 97.6 cm³/mol. The molecule has 5 nitrogen and oxygen atoms in total. The van der Waals surface area contributed by atoms with Crippen molar-refractivity contribution in [2.45, 2.75) is 36.6 Å². The summed E-state index contributed by atoms with van der Waals surface area (Å²) in [4.78, 5) is 12.7. The first-order valence-corrected chi connectivity index (χ1v) is 10.3. The second kappa shape index (κ2) is 6.21. The van der Waals surface area contributed by atoms with Crippen LogP contribution in [0.1, 0.15) is 24.0 Å². The summed E-state index contributed by atoms with van der Waals surface area (Å²) in [5.74, 6) is -0.387. The Morgan fingerprint density at radius 1 is 1.19 bits per heavy atom. The number of benzene rings is 2. The fourth-order valence-corrected chi connectivity index (χ4v) is 5.93. The second-order valence-electron chi connectivity index (χ2n) is 7.31. The molecule has 4 rings (SSSR count). The molecule has 2 aliphatic carbocycles. The van der Waals surface area contributed by atoms with Gasteiger partial charge in [-0.05, 0) is 60.9 Å². The van der Waals surface area contributed by atoms with Gasteiger partial charge in [0.05, 0.1) is 10.3 Å². The SMILES string of the molecule is NC(=O)C12CCC(Cc3cc[c]cc3C1)C2NS(=O)(=O)c1ccccc1. The highest BCUT2D eigenvalue weighted by Crippen LogP contribution is 2.49. The number of sulfonamides is 1. The smallest absolute Gasteiger partial charge is 0.240 e. The average Bonchev–Trinajstić information content (AvgIpc) is 2.87. The van der Waals surface area contributed by atoms with Gasteiger partial charge in [-0.2, -0.15) is 0 Å². The van der Waals surface area contributed by atoms with Crippen molar-refractivity contribution in [3.8, 4) is 0 Å². The molecule has 3 unspecified atom stereocenters. The summed E-state index contributed by atoms with van der Waals surface area (Å²) in [6.07, 6.45) is 2.57. The highest BCUT2D eigenvalue weighted by Gasteiger charge is 2.55. The summed E-state index contributed by atoms with van der Waals surface area (Å²) in [6.45, 7) is 0. The van der Waals surface area contributed by atoms with Crippen LogP contribution in [0.25, 0.3) is 0 Å². The predicted octanol–water partition coefficient (Wildman–Crippen LogP) is 1.81. The van der Waals surface area contributed by atoms with Gasteiger partial charge >= 0.3 is 0 Å². The number of nitrogens with two attached hydrogens (primary N) is 1. The second-order valence-corrected chi connectivity index (χ2v) is 9.02. The third kappa shape index (κ3) is 2.73. The molecule has 0 saturated heterocycles. The average molecular weight is 369 g/mol. The zero-order valence-corrected chi connectivity index (χ0v) is 15.1. The van der Waals surface area contributed by atoms with Crippen LogP contribution in [0.5, 0.6) is 0 Å². The first kappa shape index (κ1) is 17.2. The van der Waals surface area contributed by atoms with Gasteiger partial charge < -0.3 is 5.73 Å². The highest BCUT2D eigenvalue weighted by molar-refractivity contribution is 7.89. The van der Waals surface area contributed by atoms with Crippen LogP contribution < -0.4 is 10.5 Å². The van der Waals surface area contributed by atoms with Crippen LogP contribution in [0.15, 0.2) is 53.4 Å². The van der Waals surface area contributed by atoms with Crippen molar-refractivity contribution in [2.24, 2.45) is 17.1 Å². The lowest BCUT2D eigenvalue weighted by atomic mass is 9.76. The van der Waals surface area contributed by atoms with E-state index in [1.165, 1.54) is 0 Å². The molecule has 26 heavy (non-hydrogen) atoms. The van der Waals surface area contributed by atoms with Crippen LogP contribution in [-0.4, -0.2) is 20.4 Å². The van der Waals surface area contributed by atoms with E-state index in [2.05, 4.69) is 10.8 Å². The highest BCUT2D eigenvalue weighted by atomic mass is 32.2. The molecule has 2 aliphatic rings. The maximum atomic E-state index is 12.9. The van der Waals surface area contributed by atoms with Crippen molar-refractivity contribution in [2.75, 3.05) is 0 Å². The molecule has 1 saturated carbocycles. The molecule has 2 aromatic rings. The lowest BCUT2D eigenvalue weighted by Gasteiger charge is -2.33. The standard InChI is InChI=1S/C20H21N2O3S/c21-19(23)20-11-10-15(12-14-6-4-5-7-16(14)13-20)18(20)22-26(24,25)17-8-2-1-3-9-17/h1-4,6-9,15,18,22H,10-13H2,(H2,21,23). The fourth-order valence-electron chi connectivity index (χ4n) is 4.53. The van der Waals surface area contributed by atoms with Crippen LogP contribution in [0.3, 0.4) is 0 Å². The van der Waals surface area contributed by atoms with Crippen molar-refractivity contribution in [1.82, 2.24) is 4.72 Å². The zero-order valence-electron chi connectivity index (χ0n) is 14.3. The maximum absolute atomic E-state index is 12.9. The Kier molecular flexibility index (Phi) is 4.12. The summed E-state index contributed by atoms with van der Waals surface area (Å²) in [5.41, 5.74) is 7.13. The first-order valence-electron chi connectivity index (χ1n) is 8.77. The first-order chi connectivity index (χ1) is 12.4. The van der Waals surface area contributed by atoms with Gasteiger partial charge in [-0.25, -0.2) is 13.1 Å². The molecule has 3 N–H and O–H groups in total. The van der Waals surface area contributed by atoms with Gasteiger partial charge in [-0.3, -0.25) is 4.79 Å². The van der Waals surface area contributed by atoms with E-state index in [0.29, 0.717) is 12.8 Å². The number of hydrogen-bond donors (Lipinski definition) is 2. The number of hydrogen-bond acceptors (Lipinski definition) is 3. The Morgan fingerprint density at radius 2 is 1.96 bits per heavy atom. The fraction of sp³-hybridized carbons (Fsp3) is 0.350. The lowest BCUT2D eigenvalue weighted by Crippen LogP contribution is -2.54. The third-order valence-corrected chi connectivity index (χ3v) is 7.35. The Balaban J connectivity index is 1.75. The number of fused-ring (bicyclic) bond motifs is 3. The van der Waals surface area contributed by atoms with Crippen LogP contribution in [0.2, 0.25) is 0 Å². The normalized spacial score (nSPS) is 27.5. The van der Waals surface area contributed by atoms with Crippen molar-refractivity contribution in [3.63, 3.8) is 0 Å². The minimum atomic E-state index is -3.73. The summed E-state index contributed by atoms with van der Waals surface area (Å²) < 4.78 is 28.6. The summed E-state index contributed by atoms with van der Waals surface area (Å²) >= 11 is 0. The van der Waals surface area contributed by atoms with Gasteiger partial charge in [-0.15, -0.1) is 0 Å². The molecule has 3 atom stereocenters. The van der Waals surface area contributed by atoms with Crippen molar-refractivity contribution in [1.29, 1.82) is 0 Å². The van der Waals surface area contributed by atoms with Crippen molar-refractivity contribution in [3.05, 3.63) is 65.7 Å². The zero-order chi connectivity index (χ0) is 18.4. The van der Waals surface area contributed by atoms with E-state index in [-0.39, 0.29) is 10.8 Å². The number of primary amides is 1. The number of carbonyl (C=O) groups excluding carboxylic acids is 1. The monoisotopic (exact) mass is 369 g/mol. The van der Waals surface area contributed by atoms with Crippen molar-refractivity contribution >= 4 is 15.9 Å². The van der Waals surface area contributed by atoms with E-state index in [1.54, 1.807) is 30.3 Å². The molecule has 1 radical (unpaired) electrons. The van der Waals surface area contributed by atoms with Crippen LogP contribution in [-0.2, 0) is 27.7 Å². The molecular formula is C20H21N2O3S. The number of nitrogens with one attached hydrogen (secondary N) is 1. The molecule has 6 heteroatoms. The Hall–Kier alpha value is -2.18. The molecule has 2 aromatic carbocycles. The minimum Gasteiger partial charge on any atom is -0.369 e. The van der Waals surface area contributed by atoms with Crippen LogP contribution >= 0.6 is 0 Å². The van der Waals surface area contributed by atoms with E-state index < -0.39 is 27.4 Å². The number of amides is 1. The van der Waals surface area contributed by atoms with Gasteiger partial charge in [-0.1, -0.05) is 36.4 Å². The van der Waals surface area contributed by atoms with Gasteiger partial charge in [0.1, 0.15) is 0 Å². The van der Waals surface area contributed by atoms with E-state index in [1.807, 2.05) is 18.2 Å². The molecule has 0 spiro atoms. The van der Waals surface area contributed by atoms with Gasteiger partial charge in [0, 0.05) is 6.04 Å². The number of carbonyl (C=O) groups is 1. The topological polar surface area (TPSA) is 89.3 Å². The van der Waals surface area contributed by atoms with E-state index >= 15 is 0 Å². The minimum absolute atomic E-state index is 0.0460. The largest absolute Gasteiger partial charge is 0.369 e. The molecule has 135 valence electrons. The van der Waals surface area contributed by atoms with Crippen LogP contribution in [0.4, 0.5) is 0 Å². The molecule has 0 heterocycles. The van der Waals surface area contributed by atoms with Crippen molar-refractivity contribution < 1.29 is 13.2 Å². The summed E-state index contributed by atoms with van der Waals surface area (Å²) in [5, 5.41) is 0. The molecule has 1 fully saturated rings. The quantitative estimate of drug-likeness (QED) is 0.861. The maximum Gasteiger partial charge on any atom is 0.240 e. The van der Waals surface area contributed by atoms with E-state index in [0.717, 1.165) is 24.0 Å². The van der Waals surface area contributed by atoms with Gasteiger partial charge in [0.15, 0.2) is 0 Å². The summed E-state index contributed by atoms with van der Waals surface area (Å²) in [6, 6.07) is 16.6. The van der Waals surface area contributed by atoms with E-state index in [9.17, 15) is 13.2 Å². The van der Waals surface area contributed by atoms with E-state index in [4.69, 9.17) is 5.73 Å². The third-order valence-electron chi connectivity index (χ3n) is 5.89. The summed E-state index contributed by atoms with van der Waals surface area (Å²) in [7, 11) is -3.73. The Bertz CT molecular complexity index is 943. The molecular weight excluding hydrogens is 348 g/mol. The molecule has 1 amide bonds. The van der Waals surface area contributed by atoms with Gasteiger partial charge in [0.25, 0.3) is 0 Å². The molecule has 0 aliphatic heterocycles. The van der Waals surface area contributed by atoms with Gasteiger partial charge in [0.2, 0.25) is 15.9 Å². The Labute approximate surface area is 153 Å². The Morgan fingerprint density at radius 3 is 2.69 bits per heavy atom. The lowest BCUT2D eigenvalue weighted by molar-refractivity contribution is -0.128.